The summed E-state index contributed by atoms with van der Waals surface area (Å²) in [7, 11) is 0. The summed E-state index contributed by atoms with van der Waals surface area (Å²) in [6, 6.07) is 10.0. The van der Waals surface area contributed by atoms with E-state index in [2.05, 4.69) is 12.6 Å². The molecule has 1 fully saturated rings. The summed E-state index contributed by atoms with van der Waals surface area (Å²) in [5, 5.41) is -0.155. The third-order valence-corrected chi connectivity index (χ3v) is 3.16. The normalized spacial score (nSPS) is 20.1. The molecule has 1 aromatic rings. The molecule has 0 saturated heterocycles. The third kappa shape index (κ3) is 1.48. The maximum Gasteiger partial charge on any atom is 0.155 e. The van der Waals surface area contributed by atoms with Crippen LogP contribution in [0.5, 0.6) is 0 Å². The van der Waals surface area contributed by atoms with Gasteiger partial charge in [-0.25, -0.2) is 0 Å². The van der Waals surface area contributed by atoms with Gasteiger partial charge in [-0.3, -0.25) is 4.79 Å². The van der Waals surface area contributed by atoms with E-state index in [-0.39, 0.29) is 16.4 Å². The predicted molar refractivity (Wildman–Crippen MR) is 60.8 cm³/mol. The standard InChI is InChI=1S/C12H14OS/c1-9(14)11(13)12(7-8-12)10-5-3-2-4-6-10/h2-6,9,14H,7-8H2,1H3. The lowest BCUT2D eigenvalue weighted by Gasteiger charge is -2.16. The molecule has 1 aliphatic rings. The molecule has 1 atom stereocenters. The van der Waals surface area contributed by atoms with Crippen LogP contribution in [0.2, 0.25) is 0 Å². The summed E-state index contributed by atoms with van der Waals surface area (Å²) in [5.74, 6) is 0.270. The second kappa shape index (κ2) is 3.43. The third-order valence-electron chi connectivity index (χ3n) is 2.93. The first-order valence-electron chi connectivity index (χ1n) is 4.95. The lowest BCUT2D eigenvalue weighted by Crippen LogP contribution is -2.27. The molecule has 0 N–H and O–H groups in total. The number of rotatable bonds is 3. The van der Waals surface area contributed by atoms with Crippen LogP contribution in [0.25, 0.3) is 0 Å². The van der Waals surface area contributed by atoms with Crippen LogP contribution < -0.4 is 0 Å². The quantitative estimate of drug-likeness (QED) is 0.752. The maximum atomic E-state index is 12.0. The van der Waals surface area contributed by atoms with E-state index in [0.29, 0.717) is 0 Å². The van der Waals surface area contributed by atoms with Crippen molar-refractivity contribution in [2.45, 2.75) is 30.4 Å². The van der Waals surface area contributed by atoms with Crippen LogP contribution in [0.4, 0.5) is 0 Å². The number of ketones is 1. The second-order valence-electron chi connectivity index (χ2n) is 3.99. The molecular formula is C12H14OS. The summed E-state index contributed by atoms with van der Waals surface area (Å²) in [6.45, 7) is 1.86. The minimum atomic E-state index is -0.192. The summed E-state index contributed by atoms with van der Waals surface area (Å²) in [5.41, 5.74) is 0.966. The van der Waals surface area contributed by atoms with Crippen molar-refractivity contribution in [3.8, 4) is 0 Å². The van der Waals surface area contributed by atoms with Crippen molar-refractivity contribution in [2.75, 3.05) is 0 Å². The molecule has 0 amide bonds. The van der Waals surface area contributed by atoms with Crippen LogP contribution in [0.15, 0.2) is 30.3 Å². The Morgan fingerprint density at radius 3 is 2.36 bits per heavy atom. The highest BCUT2D eigenvalue weighted by molar-refractivity contribution is 7.81. The summed E-state index contributed by atoms with van der Waals surface area (Å²) < 4.78 is 0. The summed E-state index contributed by atoms with van der Waals surface area (Å²) >= 11 is 4.23. The summed E-state index contributed by atoms with van der Waals surface area (Å²) in [4.78, 5) is 12.0. The van der Waals surface area contributed by atoms with E-state index in [1.165, 1.54) is 0 Å². The topological polar surface area (TPSA) is 17.1 Å². The van der Waals surface area contributed by atoms with Gasteiger partial charge in [0, 0.05) is 0 Å². The Kier molecular flexibility index (Phi) is 2.40. The van der Waals surface area contributed by atoms with Crippen LogP contribution in [0.3, 0.4) is 0 Å². The number of thiol groups is 1. The number of Topliss-reactive ketones (excluding diaryl/α,β-unsaturated/α-hetero) is 1. The molecule has 0 aliphatic heterocycles. The fraction of sp³-hybridized carbons (Fsp3) is 0.417. The van der Waals surface area contributed by atoms with Gasteiger partial charge >= 0.3 is 0 Å². The molecule has 74 valence electrons. The number of carbonyl (C=O) groups excluding carboxylic acids is 1. The average molecular weight is 206 g/mol. The van der Waals surface area contributed by atoms with Crippen molar-refractivity contribution in [3.63, 3.8) is 0 Å². The van der Waals surface area contributed by atoms with E-state index in [1.54, 1.807) is 0 Å². The molecule has 1 unspecified atom stereocenters. The molecule has 0 spiro atoms. The zero-order valence-electron chi connectivity index (χ0n) is 8.23. The van der Waals surface area contributed by atoms with Gasteiger partial charge in [-0.2, -0.15) is 12.6 Å². The molecule has 1 nitrogen and oxygen atoms in total. The number of hydrogen-bond acceptors (Lipinski definition) is 2. The average Bonchev–Trinajstić information content (AvgIpc) is 2.99. The number of hydrogen-bond donors (Lipinski definition) is 1. The van der Waals surface area contributed by atoms with Crippen LogP contribution in [0, 0.1) is 0 Å². The molecule has 0 heterocycles. The first kappa shape index (κ1) is 9.78. The van der Waals surface area contributed by atoms with E-state index in [0.717, 1.165) is 18.4 Å². The van der Waals surface area contributed by atoms with Gasteiger partial charge in [0.2, 0.25) is 0 Å². The fourth-order valence-corrected chi connectivity index (χ4v) is 2.21. The molecule has 2 rings (SSSR count). The van der Waals surface area contributed by atoms with Gasteiger partial charge in [0.25, 0.3) is 0 Å². The Balaban J connectivity index is 2.30. The Hall–Kier alpha value is -0.760. The van der Waals surface area contributed by atoms with Gasteiger partial charge in [-0.1, -0.05) is 30.3 Å². The van der Waals surface area contributed by atoms with Crippen LogP contribution in [0.1, 0.15) is 25.3 Å². The van der Waals surface area contributed by atoms with Gasteiger partial charge in [-0.15, -0.1) is 0 Å². The molecule has 0 bridgehead atoms. The zero-order valence-corrected chi connectivity index (χ0v) is 9.13. The molecule has 1 aliphatic carbocycles. The molecule has 14 heavy (non-hydrogen) atoms. The van der Waals surface area contributed by atoms with E-state index < -0.39 is 0 Å². The monoisotopic (exact) mass is 206 g/mol. The molecular weight excluding hydrogens is 192 g/mol. The first-order valence-corrected chi connectivity index (χ1v) is 5.46. The van der Waals surface area contributed by atoms with Gasteiger partial charge in [-0.05, 0) is 25.3 Å². The van der Waals surface area contributed by atoms with Crippen molar-refractivity contribution < 1.29 is 4.79 Å². The van der Waals surface area contributed by atoms with Crippen LogP contribution >= 0.6 is 12.6 Å². The Morgan fingerprint density at radius 1 is 1.36 bits per heavy atom. The molecule has 1 aromatic carbocycles. The van der Waals surface area contributed by atoms with Crippen LogP contribution in [-0.2, 0) is 10.2 Å². The summed E-state index contributed by atoms with van der Waals surface area (Å²) in [6.07, 6.45) is 1.97. The minimum absolute atomic E-state index is 0.155. The van der Waals surface area contributed by atoms with Gasteiger partial charge in [0.05, 0.1) is 10.7 Å². The largest absolute Gasteiger partial charge is 0.297 e. The smallest absolute Gasteiger partial charge is 0.155 e. The predicted octanol–water partition coefficient (Wildman–Crippen LogP) is 2.61. The van der Waals surface area contributed by atoms with E-state index in [9.17, 15) is 4.79 Å². The van der Waals surface area contributed by atoms with Gasteiger partial charge in [0.15, 0.2) is 5.78 Å². The highest BCUT2D eigenvalue weighted by Crippen LogP contribution is 2.49. The zero-order chi connectivity index (χ0) is 10.2. The van der Waals surface area contributed by atoms with Crippen LogP contribution in [-0.4, -0.2) is 11.0 Å². The first-order chi connectivity index (χ1) is 6.67. The molecule has 2 heteroatoms. The lowest BCUT2D eigenvalue weighted by molar-refractivity contribution is -0.120. The van der Waals surface area contributed by atoms with Crippen molar-refractivity contribution >= 4 is 18.4 Å². The molecule has 0 radical (unpaired) electrons. The lowest BCUT2D eigenvalue weighted by atomic mass is 9.90. The second-order valence-corrected chi connectivity index (χ2v) is 4.76. The van der Waals surface area contributed by atoms with Gasteiger partial charge in [0.1, 0.15) is 0 Å². The van der Waals surface area contributed by atoms with Crippen molar-refractivity contribution in [2.24, 2.45) is 0 Å². The van der Waals surface area contributed by atoms with Crippen molar-refractivity contribution in [3.05, 3.63) is 35.9 Å². The highest BCUT2D eigenvalue weighted by Gasteiger charge is 2.51. The van der Waals surface area contributed by atoms with Gasteiger partial charge < -0.3 is 0 Å². The Morgan fingerprint density at radius 2 is 1.93 bits per heavy atom. The highest BCUT2D eigenvalue weighted by atomic mass is 32.1. The Bertz CT molecular complexity index is 339. The van der Waals surface area contributed by atoms with E-state index >= 15 is 0 Å². The molecule has 0 aromatic heterocycles. The molecule has 1 saturated carbocycles. The Labute approximate surface area is 89.9 Å². The van der Waals surface area contributed by atoms with Crippen molar-refractivity contribution in [1.29, 1.82) is 0 Å². The minimum Gasteiger partial charge on any atom is -0.297 e. The fourth-order valence-electron chi connectivity index (χ4n) is 1.96. The SMILES string of the molecule is CC(S)C(=O)C1(c2ccccc2)CC1. The maximum absolute atomic E-state index is 12.0. The van der Waals surface area contributed by atoms with E-state index in [4.69, 9.17) is 0 Å². The number of carbonyl (C=O) groups is 1. The van der Waals surface area contributed by atoms with Crippen molar-refractivity contribution in [1.82, 2.24) is 0 Å². The number of benzene rings is 1. The van der Waals surface area contributed by atoms with E-state index in [1.807, 2.05) is 37.3 Å².